The molecule has 0 saturated carbocycles. The summed E-state index contributed by atoms with van der Waals surface area (Å²) in [5.41, 5.74) is 1.79. The maximum absolute atomic E-state index is 12.2. The summed E-state index contributed by atoms with van der Waals surface area (Å²) < 4.78 is 10.7. The number of hydrogen-bond acceptors (Lipinski definition) is 5. The Labute approximate surface area is 144 Å². The molecule has 1 aromatic heterocycles. The topological polar surface area (TPSA) is 84.2 Å². The average Bonchev–Trinajstić information content (AvgIpc) is 2.66. The number of fused-ring (bicyclic) bond motifs is 1. The summed E-state index contributed by atoms with van der Waals surface area (Å²) in [5.74, 6) is 0.482. The molecule has 0 fully saturated rings. The molecule has 6 heteroatoms. The van der Waals surface area contributed by atoms with E-state index >= 15 is 0 Å². The number of methoxy groups -OCH3 is 1. The van der Waals surface area contributed by atoms with Gasteiger partial charge in [0.2, 0.25) is 0 Å². The third-order valence-corrected chi connectivity index (χ3v) is 3.56. The molecule has 1 N–H and O–H groups in total. The van der Waals surface area contributed by atoms with Crippen molar-refractivity contribution in [2.45, 2.75) is 0 Å². The van der Waals surface area contributed by atoms with Crippen LogP contribution in [0.15, 0.2) is 54.7 Å². The van der Waals surface area contributed by atoms with Crippen molar-refractivity contribution in [1.29, 1.82) is 5.26 Å². The fourth-order valence-corrected chi connectivity index (χ4v) is 2.39. The number of nitriles is 1. The molecule has 0 saturated heterocycles. The van der Waals surface area contributed by atoms with E-state index in [2.05, 4.69) is 10.3 Å². The number of pyridine rings is 1. The third-order valence-electron chi connectivity index (χ3n) is 3.56. The van der Waals surface area contributed by atoms with Gasteiger partial charge in [0.25, 0.3) is 5.91 Å². The molecule has 3 aromatic rings. The molecule has 0 aliphatic carbocycles. The van der Waals surface area contributed by atoms with Crippen LogP contribution < -0.4 is 14.8 Å². The van der Waals surface area contributed by atoms with Crippen LogP contribution in [0.1, 0.15) is 5.56 Å². The van der Waals surface area contributed by atoms with E-state index in [4.69, 9.17) is 14.7 Å². The van der Waals surface area contributed by atoms with E-state index < -0.39 is 0 Å². The molecule has 124 valence electrons. The van der Waals surface area contributed by atoms with Crippen LogP contribution >= 0.6 is 0 Å². The van der Waals surface area contributed by atoms with Crippen molar-refractivity contribution in [3.8, 4) is 17.6 Å². The van der Waals surface area contributed by atoms with Gasteiger partial charge in [-0.1, -0.05) is 18.2 Å². The van der Waals surface area contributed by atoms with Gasteiger partial charge in [-0.15, -0.1) is 0 Å². The van der Waals surface area contributed by atoms with Crippen molar-refractivity contribution in [1.82, 2.24) is 4.98 Å². The number of amides is 1. The van der Waals surface area contributed by atoms with Crippen LogP contribution in [-0.2, 0) is 4.79 Å². The summed E-state index contributed by atoms with van der Waals surface area (Å²) >= 11 is 0. The van der Waals surface area contributed by atoms with Gasteiger partial charge in [-0.2, -0.15) is 5.26 Å². The van der Waals surface area contributed by atoms with E-state index in [0.717, 1.165) is 5.39 Å². The third kappa shape index (κ3) is 3.67. The first-order valence-corrected chi connectivity index (χ1v) is 7.56. The fourth-order valence-electron chi connectivity index (χ4n) is 2.39. The molecule has 0 bridgehead atoms. The number of carbonyl (C=O) groups is 1. The van der Waals surface area contributed by atoms with Crippen LogP contribution in [0.2, 0.25) is 0 Å². The molecular formula is C19H15N3O3. The molecule has 0 spiro atoms. The second-order valence-corrected chi connectivity index (χ2v) is 5.19. The van der Waals surface area contributed by atoms with Gasteiger partial charge >= 0.3 is 0 Å². The van der Waals surface area contributed by atoms with E-state index in [1.807, 2.05) is 30.3 Å². The smallest absolute Gasteiger partial charge is 0.262 e. The number of nitrogens with one attached hydrogen (secondary N) is 1. The van der Waals surface area contributed by atoms with E-state index in [1.54, 1.807) is 30.5 Å². The highest BCUT2D eigenvalue weighted by molar-refractivity contribution is 6.00. The number of rotatable bonds is 5. The average molecular weight is 333 g/mol. The van der Waals surface area contributed by atoms with Crippen molar-refractivity contribution in [2.75, 3.05) is 19.0 Å². The van der Waals surface area contributed by atoms with Crippen LogP contribution in [0.25, 0.3) is 10.9 Å². The van der Waals surface area contributed by atoms with Gasteiger partial charge in [0, 0.05) is 17.6 Å². The zero-order valence-electron chi connectivity index (χ0n) is 13.5. The number of para-hydroxylation sites is 1. The quantitative estimate of drug-likeness (QED) is 0.775. The lowest BCUT2D eigenvalue weighted by Gasteiger charge is -2.11. The Balaban J connectivity index is 1.70. The van der Waals surface area contributed by atoms with E-state index in [9.17, 15) is 4.79 Å². The standard InChI is InChI=1S/C19H15N3O3/c1-24-17-10-13(11-20)7-8-16(17)25-12-18(23)22-15-6-2-4-14-5-3-9-21-19(14)15/h2-10H,12H2,1H3,(H,22,23). The molecule has 0 aliphatic rings. The predicted octanol–water partition coefficient (Wildman–Crippen LogP) is 3.13. The fraction of sp³-hybridized carbons (Fsp3) is 0.105. The van der Waals surface area contributed by atoms with Crippen molar-refractivity contribution in [3.63, 3.8) is 0 Å². The summed E-state index contributed by atoms with van der Waals surface area (Å²) in [6.45, 7) is -0.189. The zero-order chi connectivity index (χ0) is 17.6. The van der Waals surface area contributed by atoms with Gasteiger partial charge in [-0.3, -0.25) is 9.78 Å². The second-order valence-electron chi connectivity index (χ2n) is 5.19. The summed E-state index contributed by atoms with van der Waals surface area (Å²) in [7, 11) is 1.48. The molecule has 1 amide bonds. The Bertz CT molecular complexity index is 958. The highest BCUT2D eigenvalue weighted by Crippen LogP contribution is 2.28. The van der Waals surface area contributed by atoms with E-state index in [-0.39, 0.29) is 12.5 Å². The second kappa shape index (κ2) is 7.32. The lowest BCUT2D eigenvalue weighted by molar-refractivity contribution is -0.118. The highest BCUT2D eigenvalue weighted by atomic mass is 16.5. The number of benzene rings is 2. The minimum atomic E-state index is -0.315. The molecule has 25 heavy (non-hydrogen) atoms. The first-order chi connectivity index (χ1) is 12.2. The van der Waals surface area contributed by atoms with Crippen LogP contribution in [0.3, 0.4) is 0 Å². The van der Waals surface area contributed by atoms with Gasteiger partial charge < -0.3 is 14.8 Å². The number of ether oxygens (including phenoxy) is 2. The maximum Gasteiger partial charge on any atom is 0.262 e. The van der Waals surface area contributed by atoms with Gasteiger partial charge in [-0.25, -0.2) is 0 Å². The van der Waals surface area contributed by atoms with Gasteiger partial charge in [0.05, 0.1) is 29.9 Å². The lowest BCUT2D eigenvalue weighted by Crippen LogP contribution is -2.20. The van der Waals surface area contributed by atoms with Gasteiger partial charge in [0.15, 0.2) is 18.1 Å². The van der Waals surface area contributed by atoms with Crippen LogP contribution in [0.5, 0.6) is 11.5 Å². The first kappa shape index (κ1) is 16.3. The largest absolute Gasteiger partial charge is 0.493 e. The highest BCUT2D eigenvalue weighted by Gasteiger charge is 2.10. The number of hydrogen-bond donors (Lipinski definition) is 1. The molecule has 2 aromatic carbocycles. The Hall–Kier alpha value is -3.59. The van der Waals surface area contributed by atoms with Gasteiger partial charge in [0.1, 0.15) is 0 Å². The van der Waals surface area contributed by atoms with Gasteiger partial charge in [-0.05, 0) is 24.3 Å². The molecule has 1 heterocycles. The van der Waals surface area contributed by atoms with E-state index in [0.29, 0.717) is 28.3 Å². The van der Waals surface area contributed by atoms with Crippen molar-refractivity contribution < 1.29 is 14.3 Å². The Kier molecular flexibility index (Phi) is 4.77. The monoisotopic (exact) mass is 333 g/mol. The Morgan fingerprint density at radius 2 is 2.04 bits per heavy atom. The SMILES string of the molecule is COc1cc(C#N)ccc1OCC(=O)Nc1cccc2cccnc12. The van der Waals surface area contributed by atoms with Crippen molar-refractivity contribution >= 4 is 22.5 Å². The number of nitrogens with zero attached hydrogens (tertiary/aromatic N) is 2. The molecule has 0 unspecified atom stereocenters. The Morgan fingerprint density at radius 1 is 1.20 bits per heavy atom. The summed E-state index contributed by atoms with van der Waals surface area (Å²) in [6.07, 6.45) is 1.68. The number of anilines is 1. The first-order valence-electron chi connectivity index (χ1n) is 7.56. The molecular weight excluding hydrogens is 318 g/mol. The number of aromatic nitrogens is 1. The molecule has 0 atom stereocenters. The summed E-state index contributed by atoms with van der Waals surface area (Å²) in [5, 5.41) is 12.6. The minimum absolute atomic E-state index is 0.189. The Morgan fingerprint density at radius 3 is 2.84 bits per heavy atom. The van der Waals surface area contributed by atoms with Crippen LogP contribution in [0.4, 0.5) is 5.69 Å². The number of carbonyl (C=O) groups excluding carboxylic acids is 1. The molecule has 3 rings (SSSR count). The lowest BCUT2D eigenvalue weighted by atomic mass is 10.2. The predicted molar refractivity (Wildman–Crippen MR) is 93.6 cm³/mol. The molecule has 6 nitrogen and oxygen atoms in total. The minimum Gasteiger partial charge on any atom is -0.493 e. The van der Waals surface area contributed by atoms with Crippen LogP contribution in [0, 0.1) is 11.3 Å². The summed E-state index contributed by atoms with van der Waals surface area (Å²) in [4.78, 5) is 16.5. The molecule has 0 aliphatic heterocycles. The zero-order valence-corrected chi connectivity index (χ0v) is 13.5. The maximum atomic E-state index is 12.2. The van der Waals surface area contributed by atoms with E-state index in [1.165, 1.54) is 7.11 Å². The van der Waals surface area contributed by atoms with Crippen LogP contribution in [-0.4, -0.2) is 24.6 Å². The molecule has 0 radical (unpaired) electrons. The van der Waals surface area contributed by atoms with Crippen molar-refractivity contribution in [3.05, 3.63) is 60.3 Å². The normalized spacial score (nSPS) is 10.1. The van der Waals surface area contributed by atoms with Crippen molar-refractivity contribution in [2.24, 2.45) is 0 Å². The summed E-state index contributed by atoms with van der Waals surface area (Å²) in [6, 6.07) is 16.1.